The van der Waals surface area contributed by atoms with Gasteiger partial charge < -0.3 is 14.6 Å². The molecule has 0 saturated carbocycles. The van der Waals surface area contributed by atoms with E-state index in [2.05, 4.69) is 0 Å². The highest BCUT2D eigenvalue weighted by Crippen LogP contribution is 2.15. The van der Waals surface area contributed by atoms with Gasteiger partial charge in [0, 0.05) is 24.7 Å². The minimum atomic E-state index is -0.914. The van der Waals surface area contributed by atoms with Crippen LogP contribution in [0.15, 0.2) is 24.3 Å². The van der Waals surface area contributed by atoms with Gasteiger partial charge >= 0.3 is 5.97 Å². The number of nitrogens with zero attached hydrogens (tertiary/aromatic N) is 1. The Bertz CT molecular complexity index is 423. The Kier molecular flexibility index (Phi) is 5.01. The van der Waals surface area contributed by atoms with Crippen LogP contribution in [0.25, 0.3) is 0 Å². The molecule has 1 aliphatic rings. The van der Waals surface area contributed by atoms with Crippen molar-refractivity contribution >= 4 is 17.6 Å². The number of ether oxygens (including phenoxy) is 2. The van der Waals surface area contributed by atoms with E-state index in [4.69, 9.17) is 26.2 Å². The lowest BCUT2D eigenvalue weighted by Gasteiger charge is -2.30. The molecule has 1 N–H and O–H groups in total. The van der Waals surface area contributed by atoms with Gasteiger partial charge in [0.05, 0.1) is 6.61 Å². The number of hydrogen-bond donors (Lipinski definition) is 1. The van der Waals surface area contributed by atoms with Gasteiger partial charge in [0.1, 0.15) is 12.4 Å². The van der Waals surface area contributed by atoms with Gasteiger partial charge in [-0.05, 0) is 24.3 Å². The molecule has 1 saturated heterocycles. The molecule has 6 heteroatoms. The molecule has 1 atom stereocenters. The average Bonchev–Trinajstić information content (AvgIpc) is 2.41. The molecule has 0 aliphatic carbocycles. The summed E-state index contributed by atoms with van der Waals surface area (Å²) in [5.41, 5.74) is 0. The zero-order chi connectivity index (χ0) is 13.7. The monoisotopic (exact) mass is 285 g/mol. The van der Waals surface area contributed by atoms with Crippen molar-refractivity contribution in [3.63, 3.8) is 0 Å². The summed E-state index contributed by atoms with van der Waals surface area (Å²) < 4.78 is 10.7. The Morgan fingerprint density at radius 3 is 2.89 bits per heavy atom. The van der Waals surface area contributed by atoms with Crippen LogP contribution < -0.4 is 4.74 Å². The molecule has 1 fully saturated rings. The fraction of sp³-hybridized carbons (Fsp3) is 0.462. The predicted octanol–water partition coefficient (Wildman–Crippen LogP) is 1.50. The molecule has 1 aromatic carbocycles. The van der Waals surface area contributed by atoms with E-state index >= 15 is 0 Å². The Hall–Kier alpha value is -1.30. The molecule has 0 amide bonds. The number of hydrogen-bond acceptors (Lipinski definition) is 4. The van der Waals surface area contributed by atoms with Crippen LogP contribution in [0.3, 0.4) is 0 Å². The van der Waals surface area contributed by atoms with Crippen LogP contribution in [-0.2, 0) is 9.53 Å². The molecule has 104 valence electrons. The van der Waals surface area contributed by atoms with Gasteiger partial charge in [0.15, 0.2) is 6.10 Å². The van der Waals surface area contributed by atoms with Gasteiger partial charge in [-0.3, -0.25) is 4.90 Å². The number of carbonyl (C=O) groups is 1. The standard InChI is InChI=1S/C13H16ClNO4/c14-10-1-3-11(4-2-10)18-7-5-15-6-8-19-12(9-15)13(16)17/h1-4,12H,5-9H2,(H,16,17). The second-order valence-electron chi connectivity index (χ2n) is 4.30. The summed E-state index contributed by atoms with van der Waals surface area (Å²) in [6.45, 7) is 2.76. The van der Waals surface area contributed by atoms with Crippen molar-refractivity contribution < 1.29 is 19.4 Å². The first-order valence-corrected chi connectivity index (χ1v) is 6.48. The van der Waals surface area contributed by atoms with Crippen LogP contribution in [0, 0.1) is 0 Å². The third-order valence-electron chi connectivity index (χ3n) is 2.92. The number of rotatable bonds is 5. The van der Waals surface area contributed by atoms with Gasteiger partial charge in [-0.15, -0.1) is 0 Å². The van der Waals surface area contributed by atoms with Crippen molar-refractivity contribution in [2.75, 3.05) is 32.8 Å². The molecule has 0 radical (unpaired) electrons. The second kappa shape index (κ2) is 6.75. The zero-order valence-corrected chi connectivity index (χ0v) is 11.2. The van der Waals surface area contributed by atoms with Gasteiger partial charge in [-0.25, -0.2) is 4.79 Å². The molecule has 19 heavy (non-hydrogen) atoms. The smallest absolute Gasteiger partial charge is 0.334 e. The van der Waals surface area contributed by atoms with Gasteiger partial charge in [-0.1, -0.05) is 11.6 Å². The minimum absolute atomic E-state index is 0.402. The van der Waals surface area contributed by atoms with Crippen molar-refractivity contribution in [3.05, 3.63) is 29.3 Å². The number of halogens is 1. The normalized spacial score (nSPS) is 20.2. The van der Waals surface area contributed by atoms with Crippen molar-refractivity contribution in [1.82, 2.24) is 4.90 Å². The molecule has 1 aromatic rings. The number of aliphatic carboxylic acids is 1. The van der Waals surface area contributed by atoms with Crippen molar-refractivity contribution in [3.8, 4) is 5.75 Å². The molecule has 2 rings (SSSR count). The largest absolute Gasteiger partial charge is 0.492 e. The summed E-state index contributed by atoms with van der Waals surface area (Å²) in [6.07, 6.45) is -0.732. The summed E-state index contributed by atoms with van der Waals surface area (Å²) in [5.74, 6) is -0.157. The second-order valence-corrected chi connectivity index (χ2v) is 4.74. The third kappa shape index (κ3) is 4.38. The van der Waals surface area contributed by atoms with Crippen molar-refractivity contribution in [1.29, 1.82) is 0 Å². The first kappa shape index (κ1) is 14.1. The number of carboxylic acid groups (broad SMARTS) is 1. The first-order valence-electron chi connectivity index (χ1n) is 6.10. The van der Waals surface area contributed by atoms with E-state index in [1.165, 1.54) is 0 Å². The summed E-state index contributed by atoms with van der Waals surface area (Å²) in [7, 11) is 0. The number of benzene rings is 1. The van der Waals surface area contributed by atoms with Crippen LogP contribution in [-0.4, -0.2) is 54.9 Å². The molecular formula is C13H16ClNO4. The Balaban J connectivity index is 1.73. The number of morpholine rings is 1. The summed E-state index contributed by atoms with van der Waals surface area (Å²) in [6, 6.07) is 7.15. The molecule has 0 bridgehead atoms. The number of carboxylic acids is 1. The summed E-state index contributed by atoms with van der Waals surface area (Å²) in [4.78, 5) is 12.9. The van der Waals surface area contributed by atoms with E-state index in [1.54, 1.807) is 12.1 Å². The van der Waals surface area contributed by atoms with E-state index in [9.17, 15) is 4.79 Å². The molecular weight excluding hydrogens is 270 g/mol. The Labute approximate surface area is 116 Å². The quantitative estimate of drug-likeness (QED) is 0.888. The van der Waals surface area contributed by atoms with Crippen LogP contribution in [0.4, 0.5) is 0 Å². The van der Waals surface area contributed by atoms with Crippen molar-refractivity contribution in [2.45, 2.75) is 6.10 Å². The van der Waals surface area contributed by atoms with Crippen LogP contribution in [0.5, 0.6) is 5.75 Å². The topological polar surface area (TPSA) is 59.0 Å². The van der Waals surface area contributed by atoms with E-state index in [0.29, 0.717) is 31.3 Å². The van der Waals surface area contributed by atoms with Gasteiger partial charge in [0.2, 0.25) is 0 Å². The minimum Gasteiger partial charge on any atom is -0.492 e. The maximum atomic E-state index is 10.8. The Morgan fingerprint density at radius 1 is 1.47 bits per heavy atom. The van der Waals surface area contributed by atoms with Crippen LogP contribution in [0.2, 0.25) is 5.02 Å². The van der Waals surface area contributed by atoms with Crippen molar-refractivity contribution in [2.24, 2.45) is 0 Å². The molecule has 0 spiro atoms. The lowest BCUT2D eigenvalue weighted by molar-refractivity contribution is -0.156. The molecule has 1 heterocycles. The SMILES string of the molecule is O=C(O)C1CN(CCOc2ccc(Cl)cc2)CCO1. The van der Waals surface area contributed by atoms with Gasteiger partial charge in [-0.2, -0.15) is 0 Å². The summed E-state index contributed by atoms with van der Waals surface area (Å²) in [5, 5.41) is 9.56. The van der Waals surface area contributed by atoms with E-state index in [-0.39, 0.29) is 0 Å². The fourth-order valence-electron chi connectivity index (χ4n) is 1.88. The van der Waals surface area contributed by atoms with E-state index in [0.717, 1.165) is 12.3 Å². The highest BCUT2D eigenvalue weighted by Gasteiger charge is 2.25. The summed E-state index contributed by atoms with van der Waals surface area (Å²) >= 11 is 5.78. The fourth-order valence-corrected chi connectivity index (χ4v) is 2.00. The maximum absolute atomic E-state index is 10.8. The lowest BCUT2D eigenvalue weighted by atomic mass is 10.3. The zero-order valence-electron chi connectivity index (χ0n) is 10.4. The molecule has 1 aliphatic heterocycles. The molecule has 1 unspecified atom stereocenters. The third-order valence-corrected chi connectivity index (χ3v) is 3.17. The average molecular weight is 286 g/mol. The molecule has 0 aromatic heterocycles. The first-order chi connectivity index (χ1) is 9.15. The highest BCUT2D eigenvalue weighted by atomic mass is 35.5. The predicted molar refractivity (Wildman–Crippen MR) is 70.8 cm³/mol. The van der Waals surface area contributed by atoms with Crippen LogP contribution >= 0.6 is 11.6 Å². The van der Waals surface area contributed by atoms with Crippen LogP contribution in [0.1, 0.15) is 0 Å². The molecule has 5 nitrogen and oxygen atoms in total. The Morgan fingerprint density at radius 2 is 2.21 bits per heavy atom. The highest BCUT2D eigenvalue weighted by molar-refractivity contribution is 6.30. The van der Waals surface area contributed by atoms with E-state index in [1.807, 2.05) is 17.0 Å². The van der Waals surface area contributed by atoms with E-state index < -0.39 is 12.1 Å². The lowest BCUT2D eigenvalue weighted by Crippen LogP contribution is -2.47. The maximum Gasteiger partial charge on any atom is 0.334 e. The van der Waals surface area contributed by atoms with Gasteiger partial charge in [0.25, 0.3) is 0 Å².